The number of carbonyl (C=O) groups excluding carboxylic acids is 1. The number of hydrogen-bond donors (Lipinski definition) is 2. The quantitative estimate of drug-likeness (QED) is 0.824. The number of carbonyl (C=O) groups is 1. The molecule has 0 saturated carbocycles. The van der Waals surface area contributed by atoms with Gasteiger partial charge >= 0.3 is 0 Å². The minimum Gasteiger partial charge on any atom is -0.357 e. The second-order valence-electron chi connectivity index (χ2n) is 5.16. The van der Waals surface area contributed by atoms with Crippen LogP contribution in [0, 0.1) is 0 Å². The van der Waals surface area contributed by atoms with E-state index >= 15 is 0 Å². The van der Waals surface area contributed by atoms with E-state index in [1.165, 1.54) is 24.0 Å². The van der Waals surface area contributed by atoms with Crippen LogP contribution in [0.25, 0.3) is 0 Å². The molecule has 1 aromatic rings. The van der Waals surface area contributed by atoms with Crippen molar-refractivity contribution >= 4 is 5.91 Å². The van der Waals surface area contributed by atoms with E-state index < -0.39 is 0 Å². The van der Waals surface area contributed by atoms with Gasteiger partial charge in [0.2, 0.25) is 0 Å². The Morgan fingerprint density at radius 3 is 2.79 bits per heavy atom. The molecule has 1 aliphatic rings. The molecule has 0 saturated heterocycles. The SMILES string of the molecule is CCN(CC)CCNC(=O)c1[nH]cc2c1CCCC2. The molecule has 2 N–H and O–H groups in total. The van der Waals surface area contributed by atoms with E-state index in [1.807, 2.05) is 6.20 Å². The van der Waals surface area contributed by atoms with Gasteiger partial charge in [0.1, 0.15) is 5.69 Å². The van der Waals surface area contributed by atoms with Crippen molar-refractivity contribution in [3.05, 3.63) is 23.0 Å². The fraction of sp³-hybridized carbons (Fsp3) is 0.667. The molecule has 0 radical (unpaired) electrons. The molecule has 106 valence electrons. The summed E-state index contributed by atoms with van der Waals surface area (Å²) < 4.78 is 0. The molecule has 1 aromatic heterocycles. The van der Waals surface area contributed by atoms with Crippen LogP contribution in [-0.2, 0) is 12.8 Å². The van der Waals surface area contributed by atoms with E-state index in [9.17, 15) is 4.79 Å². The molecular weight excluding hydrogens is 238 g/mol. The first-order chi connectivity index (χ1) is 9.26. The Balaban J connectivity index is 1.88. The minimum atomic E-state index is 0.0512. The second kappa shape index (κ2) is 6.75. The van der Waals surface area contributed by atoms with Crippen LogP contribution in [0.4, 0.5) is 0 Å². The first kappa shape index (κ1) is 14.1. The fourth-order valence-electron chi connectivity index (χ4n) is 2.78. The largest absolute Gasteiger partial charge is 0.357 e. The molecule has 4 heteroatoms. The molecule has 0 aliphatic heterocycles. The molecule has 1 amide bonds. The number of likely N-dealkylation sites (N-methyl/N-ethyl adjacent to an activating group) is 1. The number of aromatic amines is 1. The van der Waals surface area contributed by atoms with Crippen LogP contribution in [0.3, 0.4) is 0 Å². The lowest BCUT2D eigenvalue weighted by molar-refractivity contribution is 0.0943. The number of rotatable bonds is 6. The van der Waals surface area contributed by atoms with Crippen molar-refractivity contribution in [3.8, 4) is 0 Å². The number of aromatic nitrogens is 1. The number of nitrogens with zero attached hydrogens (tertiary/aromatic N) is 1. The predicted octanol–water partition coefficient (Wildman–Crippen LogP) is 1.97. The molecule has 4 nitrogen and oxygen atoms in total. The highest BCUT2D eigenvalue weighted by Gasteiger charge is 2.19. The van der Waals surface area contributed by atoms with Crippen LogP contribution >= 0.6 is 0 Å². The van der Waals surface area contributed by atoms with E-state index in [-0.39, 0.29) is 5.91 Å². The number of amides is 1. The topological polar surface area (TPSA) is 48.1 Å². The van der Waals surface area contributed by atoms with Gasteiger partial charge in [0.05, 0.1) is 0 Å². The molecule has 1 heterocycles. The third-order valence-electron chi connectivity index (χ3n) is 4.04. The summed E-state index contributed by atoms with van der Waals surface area (Å²) in [5.74, 6) is 0.0512. The lowest BCUT2D eigenvalue weighted by atomic mass is 9.94. The lowest BCUT2D eigenvalue weighted by Gasteiger charge is -2.18. The van der Waals surface area contributed by atoms with Gasteiger partial charge in [-0.15, -0.1) is 0 Å². The van der Waals surface area contributed by atoms with Crippen LogP contribution in [0.2, 0.25) is 0 Å². The molecule has 0 spiro atoms. The Kier molecular flexibility index (Phi) is 5.02. The Hall–Kier alpha value is -1.29. The highest BCUT2D eigenvalue weighted by Crippen LogP contribution is 2.23. The maximum absolute atomic E-state index is 12.2. The number of aryl methyl sites for hydroxylation is 1. The van der Waals surface area contributed by atoms with Crippen LogP contribution in [0.1, 0.15) is 48.3 Å². The summed E-state index contributed by atoms with van der Waals surface area (Å²) in [4.78, 5) is 17.6. The fourth-order valence-corrected chi connectivity index (χ4v) is 2.78. The summed E-state index contributed by atoms with van der Waals surface area (Å²) in [6, 6.07) is 0. The summed E-state index contributed by atoms with van der Waals surface area (Å²) in [6.45, 7) is 7.99. The van der Waals surface area contributed by atoms with Gasteiger partial charge in [0, 0.05) is 19.3 Å². The average molecular weight is 263 g/mol. The van der Waals surface area contributed by atoms with Gasteiger partial charge in [-0.2, -0.15) is 0 Å². The number of H-pyrrole nitrogens is 1. The van der Waals surface area contributed by atoms with Gasteiger partial charge in [-0.1, -0.05) is 13.8 Å². The average Bonchev–Trinajstić information content (AvgIpc) is 2.87. The Morgan fingerprint density at radius 1 is 1.32 bits per heavy atom. The van der Waals surface area contributed by atoms with Crippen molar-refractivity contribution in [3.63, 3.8) is 0 Å². The third-order valence-corrected chi connectivity index (χ3v) is 4.04. The highest BCUT2D eigenvalue weighted by atomic mass is 16.1. The van der Waals surface area contributed by atoms with Gasteiger partial charge in [-0.05, 0) is 49.9 Å². The van der Waals surface area contributed by atoms with Gasteiger partial charge < -0.3 is 15.2 Å². The van der Waals surface area contributed by atoms with Crippen molar-refractivity contribution in [2.45, 2.75) is 39.5 Å². The summed E-state index contributed by atoms with van der Waals surface area (Å²) in [5, 5.41) is 3.02. The van der Waals surface area contributed by atoms with Crippen LogP contribution < -0.4 is 5.32 Å². The molecule has 2 rings (SSSR count). The van der Waals surface area contributed by atoms with E-state index in [1.54, 1.807) is 0 Å². The lowest BCUT2D eigenvalue weighted by Crippen LogP contribution is -2.35. The molecule has 0 unspecified atom stereocenters. The summed E-state index contributed by atoms with van der Waals surface area (Å²) >= 11 is 0. The second-order valence-corrected chi connectivity index (χ2v) is 5.16. The monoisotopic (exact) mass is 263 g/mol. The Bertz CT molecular complexity index is 421. The van der Waals surface area contributed by atoms with Gasteiger partial charge in [0.15, 0.2) is 0 Å². The van der Waals surface area contributed by atoms with E-state index in [0.29, 0.717) is 6.54 Å². The van der Waals surface area contributed by atoms with Gasteiger partial charge in [0.25, 0.3) is 5.91 Å². The summed E-state index contributed by atoms with van der Waals surface area (Å²) in [6.07, 6.45) is 6.60. The molecule has 1 aliphatic carbocycles. The first-order valence-corrected chi connectivity index (χ1v) is 7.46. The molecular formula is C15H25N3O. The highest BCUT2D eigenvalue weighted by molar-refractivity contribution is 5.94. The van der Waals surface area contributed by atoms with Crippen LogP contribution in [0.15, 0.2) is 6.20 Å². The van der Waals surface area contributed by atoms with E-state index in [4.69, 9.17) is 0 Å². The van der Waals surface area contributed by atoms with Crippen LogP contribution in [-0.4, -0.2) is 42.0 Å². The first-order valence-electron chi connectivity index (χ1n) is 7.46. The molecule has 19 heavy (non-hydrogen) atoms. The van der Waals surface area contributed by atoms with Crippen molar-refractivity contribution in [1.82, 2.24) is 15.2 Å². The van der Waals surface area contributed by atoms with Crippen molar-refractivity contribution < 1.29 is 4.79 Å². The summed E-state index contributed by atoms with van der Waals surface area (Å²) in [7, 11) is 0. The zero-order valence-electron chi connectivity index (χ0n) is 12.1. The Labute approximate surface area is 115 Å². The standard InChI is InChI=1S/C15H25N3O/c1-3-18(4-2)10-9-16-15(19)14-13-8-6-5-7-12(13)11-17-14/h11,17H,3-10H2,1-2H3,(H,16,19). The van der Waals surface area contributed by atoms with Crippen molar-refractivity contribution in [1.29, 1.82) is 0 Å². The minimum absolute atomic E-state index is 0.0512. The normalized spacial score (nSPS) is 14.5. The molecule has 0 bridgehead atoms. The predicted molar refractivity (Wildman–Crippen MR) is 77.6 cm³/mol. The zero-order chi connectivity index (χ0) is 13.7. The van der Waals surface area contributed by atoms with Gasteiger partial charge in [-0.25, -0.2) is 0 Å². The number of nitrogens with one attached hydrogen (secondary N) is 2. The van der Waals surface area contributed by atoms with Crippen molar-refractivity contribution in [2.24, 2.45) is 0 Å². The number of fused-ring (bicyclic) bond motifs is 1. The third kappa shape index (κ3) is 3.38. The maximum atomic E-state index is 12.2. The molecule has 0 aromatic carbocycles. The van der Waals surface area contributed by atoms with E-state index in [0.717, 1.165) is 38.2 Å². The van der Waals surface area contributed by atoms with Gasteiger partial charge in [-0.3, -0.25) is 4.79 Å². The summed E-state index contributed by atoms with van der Waals surface area (Å²) in [5.41, 5.74) is 3.36. The molecule has 0 fully saturated rings. The number of hydrogen-bond acceptors (Lipinski definition) is 2. The Morgan fingerprint density at radius 2 is 2.05 bits per heavy atom. The molecule has 0 atom stereocenters. The smallest absolute Gasteiger partial charge is 0.268 e. The van der Waals surface area contributed by atoms with Crippen LogP contribution in [0.5, 0.6) is 0 Å². The zero-order valence-corrected chi connectivity index (χ0v) is 12.1. The van der Waals surface area contributed by atoms with E-state index in [2.05, 4.69) is 29.0 Å². The maximum Gasteiger partial charge on any atom is 0.268 e. The van der Waals surface area contributed by atoms with Crippen molar-refractivity contribution in [2.75, 3.05) is 26.2 Å².